The van der Waals surface area contributed by atoms with Gasteiger partial charge in [-0.15, -0.1) is 24.0 Å². The summed E-state index contributed by atoms with van der Waals surface area (Å²) in [4.78, 5) is 0.940. The van der Waals surface area contributed by atoms with Crippen molar-refractivity contribution in [2.75, 3.05) is 0 Å². The standard InChI is InChI=1S/C10H6ClNS2/c11-8-4-7-9(13)5-14-10(7)3-6(8)1-2-12/h3-5,13H,1H2. The van der Waals surface area contributed by atoms with Gasteiger partial charge in [0.15, 0.2) is 0 Å². The van der Waals surface area contributed by atoms with Crippen molar-refractivity contribution in [2.24, 2.45) is 0 Å². The maximum Gasteiger partial charge on any atom is 0.0670 e. The van der Waals surface area contributed by atoms with Crippen LogP contribution in [0.1, 0.15) is 5.56 Å². The fourth-order valence-corrected chi connectivity index (χ4v) is 2.82. The zero-order valence-electron chi connectivity index (χ0n) is 7.12. The molecular formula is C10H6ClNS2. The van der Waals surface area contributed by atoms with Crippen LogP contribution >= 0.6 is 35.6 Å². The Bertz CT molecular complexity index is 525. The highest BCUT2D eigenvalue weighted by molar-refractivity contribution is 7.80. The van der Waals surface area contributed by atoms with E-state index in [4.69, 9.17) is 16.9 Å². The van der Waals surface area contributed by atoms with Crippen molar-refractivity contribution in [3.8, 4) is 6.07 Å². The molecule has 1 aromatic heterocycles. The summed E-state index contributed by atoms with van der Waals surface area (Å²) in [6.07, 6.45) is 0.356. The average Bonchev–Trinajstić information content (AvgIpc) is 2.50. The molecule has 1 nitrogen and oxygen atoms in total. The van der Waals surface area contributed by atoms with Crippen molar-refractivity contribution in [1.29, 1.82) is 5.26 Å². The zero-order valence-corrected chi connectivity index (χ0v) is 9.59. The van der Waals surface area contributed by atoms with Crippen molar-refractivity contribution < 1.29 is 0 Å². The number of rotatable bonds is 1. The van der Waals surface area contributed by atoms with Gasteiger partial charge in [0, 0.05) is 25.4 Å². The number of hydrogen-bond acceptors (Lipinski definition) is 3. The summed E-state index contributed by atoms with van der Waals surface area (Å²) in [5.74, 6) is 0. The Labute approximate surface area is 96.3 Å². The van der Waals surface area contributed by atoms with E-state index in [0.29, 0.717) is 11.4 Å². The van der Waals surface area contributed by atoms with Crippen LogP contribution in [0.4, 0.5) is 0 Å². The van der Waals surface area contributed by atoms with E-state index in [1.807, 2.05) is 17.5 Å². The van der Waals surface area contributed by atoms with E-state index in [9.17, 15) is 0 Å². The Morgan fingerprint density at radius 1 is 1.50 bits per heavy atom. The molecule has 0 atom stereocenters. The average molecular weight is 240 g/mol. The van der Waals surface area contributed by atoms with Crippen LogP contribution in [0.5, 0.6) is 0 Å². The third kappa shape index (κ3) is 1.61. The first-order valence-electron chi connectivity index (χ1n) is 3.98. The number of fused-ring (bicyclic) bond motifs is 1. The normalized spacial score (nSPS) is 10.4. The van der Waals surface area contributed by atoms with Gasteiger partial charge < -0.3 is 0 Å². The molecule has 0 unspecified atom stereocenters. The lowest BCUT2D eigenvalue weighted by molar-refractivity contribution is 1.27. The maximum atomic E-state index is 8.60. The van der Waals surface area contributed by atoms with Crippen LogP contribution in [0.2, 0.25) is 5.02 Å². The van der Waals surface area contributed by atoms with Crippen molar-refractivity contribution >= 4 is 45.7 Å². The summed E-state index contributed by atoms with van der Waals surface area (Å²) < 4.78 is 1.13. The molecule has 0 N–H and O–H groups in total. The Kier molecular flexibility index (Phi) is 2.69. The van der Waals surface area contributed by atoms with Gasteiger partial charge in [0.2, 0.25) is 0 Å². The summed E-state index contributed by atoms with van der Waals surface area (Å²) in [7, 11) is 0. The molecule has 0 aliphatic carbocycles. The fraction of sp³-hybridized carbons (Fsp3) is 0.100. The SMILES string of the molecule is N#CCc1cc2scc(S)c2cc1Cl. The monoisotopic (exact) mass is 239 g/mol. The molecular weight excluding hydrogens is 234 g/mol. The first-order chi connectivity index (χ1) is 6.72. The number of thiol groups is 1. The van der Waals surface area contributed by atoms with E-state index in [2.05, 4.69) is 18.7 Å². The summed E-state index contributed by atoms with van der Waals surface area (Å²) >= 11 is 12.0. The third-order valence-electron chi connectivity index (χ3n) is 1.99. The summed E-state index contributed by atoms with van der Waals surface area (Å²) in [5, 5.41) is 12.3. The molecule has 2 rings (SSSR count). The van der Waals surface area contributed by atoms with Crippen LogP contribution in [0.25, 0.3) is 10.1 Å². The lowest BCUT2D eigenvalue weighted by Gasteiger charge is -1.99. The van der Waals surface area contributed by atoms with E-state index in [1.165, 1.54) is 0 Å². The second kappa shape index (κ2) is 3.82. The fourth-order valence-electron chi connectivity index (χ4n) is 1.30. The second-order valence-electron chi connectivity index (χ2n) is 2.90. The number of hydrogen-bond donors (Lipinski definition) is 1. The summed E-state index contributed by atoms with van der Waals surface area (Å²) in [6.45, 7) is 0. The summed E-state index contributed by atoms with van der Waals surface area (Å²) in [6, 6.07) is 5.94. The molecule has 0 bridgehead atoms. The highest BCUT2D eigenvalue weighted by Gasteiger charge is 2.06. The van der Waals surface area contributed by atoms with Crippen molar-refractivity contribution in [2.45, 2.75) is 11.3 Å². The molecule has 0 fully saturated rings. The van der Waals surface area contributed by atoms with Crippen LogP contribution in [0, 0.1) is 11.3 Å². The van der Waals surface area contributed by atoms with Crippen LogP contribution in [-0.2, 0) is 6.42 Å². The molecule has 2 aromatic rings. The molecule has 1 heterocycles. The zero-order chi connectivity index (χ0) is 10.1. The first-order valence-corrected chi connectivity index (χ1v) is 5.68. The quantitative estimate of drug-likeness (QED) is 0.750. The Hall–Kier alpha value is -0.690. The lowest BCUT2D eigenvalue weighted by Crippen LogP contribution is -1.82. The number of thiophene rings is 1. The third-order valence-corrected chi connectivity index (χ3v) is 3.83. The topological polar surface area (TPSA) is 23.8 Å². The highest BCUT2D eigenvalue weighted by Crippen LogP contribution is 2.33. The minimum absolute atomic E-state index is 0.356. The van der Waals surface area contributed by atoms with Crippen LogP contribution in [-0.4, -0.2) is 0 Å². The van der Waals surface area contributed by atoms with E-state index < -0.39 is 0 Å². The number of nitriles is 1. The van der Waals surface area contributed by atoms with Gasteiger partial charge in [-0.3, -0.25) is 0 Å². The molecule has 0 saturated carbocycles. The van der Waals surface area contributed by atoms with E-state index >= 15 is 0 Å². The van der Waals surface area contributed by atoms with Crippen LogP contribution in [0.3, 0.4) is 0 Å². The van der Waals surface area contributed by atoms with Crippen LogP contribution < -0.4 is 0 Å². The Morgan fingerprint density at radius 3 is 3.00 bits per heavy atom. The Morgan fingerprint density at radius 2 is 2.29 bits per heavy atom. The van der Waals surface area contributed by atoms with Gasteiger partial charge in [-0.2, -0.15) is 5.26 Å². The smallest absolute Gasteiger partial charge is 0.0670 e. The van der Waals surface area contributed by atoms with Gasteiger partial charge in [0.05, 0.1) is 12.5 Å². The van der Waals surface area contributed by atoms with Crippen molar-refractivity contribution in [3.05, 3.63) is 28.1 Å². The number of benzene rings is 1. The molecule has 0 aliphatic heterocycles. The van der Waals surface area contributed by atoms with Gasteiger partial charge in [0.25, 0.3) is 0 Å². The van der Waals surface area contributed by atoms with Gasteiger partial charge in [0.1, 0.15) is 0 Å². The predicted octanol–water partition coefficient (Wildman–Crippen LogP) is 3.91. The maximum absolute atomic E-state index is 8.60. The van der Waals surface area contributed by atoms with E-state index in [1.54, 1.807) is 11.3 Å². The summed E-state index contributed by atoms with van der Waals surface area (Å²) in [5.41, 5.74) is 0.886. The van der Waals surface area contributed by atoms with Crippen molar-refractivity contribution in [1.82, 2.24) is 0 Å². The molecule has 4 heteroatoms. The molecule has 1 aromatic carbocycles. The highest BCUT2D eigenvalue weighted by atomic mass is 35.5. The second-order valence-corrected chi connectivity index (χ2v) is 4.70. The molecule has 0 amide bonds. The largest absolute Gasteiger partial charge is 0.198 e. The predicted molar refractivity (Wildman–Crippen MR) is 63.4 cm³/mol. The number of halogens is 1. The molecule has 0 saturated heterocycles. The molecule has 0 radical (unpaired) electrons. The number of nitrogens with zero attached hydrogens (tertiary/aromatic N) is 1. The van der Waals surface area contributed by atoms with Crippen LogP contribution in [0.15, 0.2) is 22.4 Å². The Balaban J connectivity index is 2.67. The first kappa shape index (κ1) is 9.85. The molecule has 0 spiro atoms. The lowest BCUT2D eigenvalue weighted by atomic mass is 10.1. The van der Waals surface area contributed by atoms with Gasteiger partial charge >= 0.3 is 0 Å². The van der Waals surface area contributed by atoms with E-state index in [0.717, 1.165) is 20.5 Å². The molecule has 0 aliphatic rings. The molecule has 70 valence electrons. The molecule has 14 heavy (non-hydrogen) atoms. The van der Waals surface area contributed by atoms with Gasteiger partial charge in [-0.1, -0.05) is 11.6 Å². The minimum atomic E-state index is 0.356. The van der Waals surface area contributed by atoms with Gasteiger partial charge in [-0.25, -0.2) is 0 Å². The van der Waals surface area contributed by atoms with E-state index in [-0.39, 0.29) is 0 Å². The van der Waals surface area contributed by atoms with Crippen molar-refractivity contribution in [3.63, 3.8) is 0 Å². The minimum Gasteiger partial charge on any atom is -0.198 e. The van der Waals surface area contributed by atoms with Gasteiger partial charge in [-0.05, 0) is 17.7 Å².